The normalized spacial score (nSPS) is 10.7. The number of H-pyrrole nitrogens is 2. The molecule has 0 spiro atoms. The minimum absolute atomic E-state index is 0.278. The van der Waals surface area contributed by atoms with Crippen molar-refractivity contribution in [3.05, 3.63) is 46.2 Å². The van der Waals surface area contributed by atoms with Gasteiger partial charge in [0.2, 0.25) is 11.6 Å². The first-order valence-corrected chi connectivity index (χ1v) is 5.42. The molecular weight excluding hydrogens is 232 g/mol. The molecule has 0 unspecified atom stereocenters. The molecule has 1 aromatic carbocycles. The molecule has 7 heteroatoms. The number of nitrogens with one attached hydrogen (secondary N) is 3. The lowest BCUT2D eigenvalue weighted by molar-refractivity contribution is 0.953. The topological polar surface area (TPSA) is 99.3 Å². The first-order valence-electron chi connectivity index (χ1n) is 5.42. The predicted octanol–water partition coefficient (Wildman–Crippen LogP) is 0.653. The van der Waals surface area contributed by atoms with Crippen LogP contribution in [0.25, 0.3) is 11.2 Å². The molecule has 0 saturated heterocycles. The van der Waals surface area contributed by atoms with E-state index in [4.69, 9.17) is 0 Å². The van der Waals surface area contributed by atoms with Crippen molar-refractivity contribution >= 4 is 17.1 Å². The first kappa shape index (κ1) is 10.5. The van der Waals surface area contributed by atoms with E-state index in [2.05, 4.69) is 30.7 Å². The molecule has 0 aliphatic carbocycles. The number of aromatic nitrogens is 5. The Morgan fingerprint density at radius 1 is 1.22 bits per heavy atom. The summed E-state index contributed by atoms with van der Waals surface area (Å²) in [4.78, 5) is 18.4. The standard InChI is InChI=1S/C11H10N6O/c18-10-8-9(16-17-15-8)13-11(14-10)12-6-7-4-2-1-3-5-7/h1-5H,6H2,(H3,12,13,14,15,16,17,18). The maximum Gasteiger partial charge on any atom is 0.279 e. The van der Waals surface area contributed by atoms with Crippen LogP contribution in [0, 0.1) is 0 Å². The molecule has 0 aliphatic heterocycles. The fourth-order valence-corrected chi connectivity index (χ4v) is 1.62. The van der Waals surface area contributed by atoms with E-state index in [0.717, 1.165) is 5.56 Å². The lowest BCUT2D eigenvalue weighted by Gasteiger charge is -2.04. The summed E-state index contributed by atoms with van der Waals surface area (Å²) >= 11 is 0. The van der Waals surface area contributed by atoms with Crippen molar-refractivity contribution in [2.45, 2.75) is 6.54 Å². The second kappa shape index (κ2) is 4.28. The van der Waals surface area contributed by atoms with Gasteiger partial charge in [0.05, 0.1) is 0 Å². The Bertz CT molecular complexity index is 717. The molecular formula is C11H10N6O. The van der Waals surface area contributed by atoms with E-state index < -0.39 is 0 Å². The molecule has 0 atom stereocenters. The van der Waals surface area contributed by atoms with E-state index in [0.29, 0.717) is 18.1 Å². The van der Waals surface area contributed by atoms with Crippen LogP contribution in [0.4, 0.5) is 5.95 Å². The van der Waals surface area contributed by atoms with Gasteiger partial charge in [0, 0.05) is 6.54 Å². The third-order valence-electron chi connectivity index (χ3n) is 2.51. The van der Waals surface area contributed by atoms with Gasteiger partial charge in [-0.2, -0.15) is 4.98 Å². The zero-order chi connectivity index (χ0) is 12.4. The Balaban J connectivity index is 1.85. The highest BCUT2D eigenvalue weighted by Gasteiger charge is 2.06. The highest BCUT2D eigenvalue weighted by molar-refractivity contribution is 5.68. The predicted molar refractivity (Wildman–Crippen MR) is 66.1 cm³/mol. The molecule has 3 aromatic rings. The molecule has 0 amide bonds. The van der Waals surface area contributed by atoms with Crippen molar-refractivity contribution in [2.24, 2.45) is 0 Å². The highest BCUT2D eigenvalue weighted by Crippen LogP contribution is 2.04. The zero-order valence-corrected chi connectivity index (χ0v) is 9.34. The Hall–Kier alpha value is -2.70. The zero-order valence-electron chi connectivity index (χ0n) is 9.34. The molecule has 0 saturated carbocycles. The number of benzene rings is 1. The summed E-state index contributed by atoms with van der Waals surface area (Å²) in [5.74, 6) is 0.380. The van der Waals surface area contributed by atoms with Gasteiger partial charge in [0.1, 0.15) is 0 Å². The van der Waals surface area contributed by atoms with Gasteiger partial charge in [-0.25, -0.2) is 0 Å². The second-order valence-electron chi connectivity index (χ2n) is 3.76. The Kier molecular flexibility index (Phi) is 2.49. The Morgan fingerprint density at radius 3 is 2.89 bits per heavy atom. The molecule has 0 fully saturated rings. The van der Waals surface area contributed by atoms with Crippen molar-refractivity contribution in [3.8, 4) is 0 Å². The summed E-state index contributed by atoms with van der Waals surface area (Å²) in [6, 6.07) is 9.83. The van der Waals surface area contributed by atoms with E-state index >= 15 is 0 Å². The average molecular weight is 242 g/mol. The smallest absolute Gasteiger partial charge is 0.279 e. The van der Waals surface area contributed by atoms with E-state index in [9.17, 15) is 4.79 Å². The van der Waals surface area contributed by atoms with Crippen LogP contribution >= 0.6 is 0 Å². The SMILES string of the molecule is O=c1[nH]c(NCc2ccccc2)nc2nn[nH]c12. The molecule has 0 aliphatic rings. The van der Waals surface area contributed by atoms with Gasteiger partial charge in [0.25, 0.3) is 5.56 Å². The minimum Gasteiger partial charge on any atom is -0.352 e. The number of aromatic amines is 2. The van der Waals surface area contributed by atoms with Crippen LogP contribution in [0.3, 0.4) is 0 Å². The van der Waals surface area contributed by atoms with Gasteiger partial charge in [0.15, 0.2) is 5.52 Å². The molecule has 18 heavy (non-hydrogen) atoms. The van der Waals surface area contributed by atoms with E-state index in [1.807, 2.05) is 30.3 Å². The largest absolute Gasteiger partial charge is 0.352 e. The van der Waals surface area contributed by atoms with Gasteiger partial charge >= 0.3 is 0 Å². The fraction of sp³-hybridized carbons (Fsp3) is 0.0909. The minimum atomic E-state index is -0.291. The van der Waals surface area contributed by atoms with Crippen molar-refractivity contribution in [1.82, 2.24) is 25.4 Å². The van der Waals surface area contributed by atoms with E-state index in [1.165, 1.54) is 0 Å². The van der Waals surface area contributed by atoms with Crippen LogP contribution in [0.5, 0.6) is 0 Å². The van der Waals surface area contributed by atoms with Crippen LogP contribution in [0.2, 0.25) is 0 Å². The second-order valence-corrected chi connectivity index (χ2v) is 3.76. The summed E-state index contributed by atoms with van der Waals surface area (Å²) < 4.78 is 0. The van der Waals surface area contributed by atoms with Crippen LogP contribution in [-0.2, 0) is 6.54 Å². The Morgan fingerprint density at radius 2 is 2.06 bits per heavy atom. The van der Waals surface area contributed by atoms with E-state index in [-0.39, 0.29) is 11.1 Å². The maximum atomic E-state index is 11.6. The van der Waals surface area contributed by atoms with Gasteiger partial charge in [-0.05, 0) is 5.56 Å². The van der Waals surface area contributed by atoms with Gasteiger partial charge < -0.3 is 5.32 Å². The number of fused-ring (bicyclic) bond motifs is 1. The lowest BCUT2D eigenvalue weighted by atomic mass is 10.2. The third-order valence-corrected chi connectivity index (χ3v) is 2.51. The van der Waals surface area contributed by atoms with E-state index in [1.54, 1.807) is 0 Å². The van der Waals surface area contributed by atoms with Crippen LogP contribution in [0.1, 0.15) is 5.56 Å². The molecule has 2 aromatic heterocycles. The molecule has 2 heterocycles. The van der Waals surface area contributed by atoms with Gasteiger partial charge in [-0.3, -0.25) is 14.9 Å². The van der Waals surface area contributed by atoms with Crippen LogP contribution < -0.4 is 10.9 Å². The van der Waals surface area contributed by atoms with Crippen molar-refractivity contribution in [2.75, 3.05) is 5.32 Å². The summed E-state index contributed by atoms with van der Waals surface area (Å²) in [5.41, 5.74) is 1.38. The first-order chi connectivity index (χ1) is 8.83. The maximum absolute atomic E-state index is 11.6. The number of rotatable bonds is 3. The Labute approximate surface area is 101 Å². The van der Waals surface area contributed by atoms with Crippen LogP contribution in [0.15, 0.2) is 35.1 Å². The van der Waals surface area contributed by atoms with Crippen molar-refractivity contribution in [1.29, 1.82) is 0 Å². The quantitative estimate of drug-likeness (QED) is 0.626. The monoisotopic (exact) mass is 242 g/mol. The van der Waals surface area contributed by atoms with Crippen molar-refractivity contribution in [3.63, 3.8) is 0 Å². The molecule has 0 radical (unpaired) electrons. The summed E-state index contributed by atoms with van der Waals surface area (Å²) in [7, 11) is 0. The third kappa shape index (κ3) is 1.93. The van der Waals surface area contributed by atoms with Crippen LogP contribution in [-0.4, -0.2) is 25.4 Å². The number of hydrogen-bond donors (Lipinski definition) is 3. The highest BCUT2D eigenvalue weighted by atomic mass is 16.1. The fourth-order valence-electron chi connectivity index (χ4n) is 1.62. The van der Waals surface area contributed by atoms with Gasteiger partial charge in [-0.15, -0.1) is 5.10 Å². The summed E-state index contributed by atoms with van der Waals surface area (Å²) in [6.45, 7) is 0.577. The van der Waals surface area contributed by atoms with Crippen molar-refractivity contribution < 1.29 is 0 Å². The van der Waals surface area contributed by atoms with Gasteiger partial charge in [-0.1, -0.05) is 35.5 Å². The molecule has 0 bridgehead atoms. The molecule has 3 N–H and O–H groups in total. The summed E-state index contributed by atoms with van der Waals surface area (Å²) in [5, 5.41) is 12.8. The average Bonchev–Trinajstić information content (AvgIpc) is 2.86. The molecule has 3 rings (SSSR count). The molecule has 7 nitrogen and oxygen atoms in total. The summed E-state index contributed by atoms with van der Waals surface area (Å²) in [6.07, 6.45) is 0. The number of nitrogens with zero attached hydrogens (tertiary/aromatic N) is 3. The molecule has 90 valence electrons. The number of hydrogen-bond acceptors (Lipinski definition) is 5. The number of anilines is 1. The lowest BCUT2D eigenvalue weighted by Crippen LogP contribution is -2.13.